The first-order chi connectivity index (χ1) is 11.0. The van der Waals surface area contributed by atoms with Gasteiger partial charge in [-0.25, -0.2) is 0 Å². The Hall–Kier alpha value is -0.780. The van der Waals surface area contributed by atoms with Gasteiger partial charge in [-0.2, -0.15) is 13.2 Å². The minimum Gasteiger partial charge on any atom is -0.314 e. The van der Waals surface area contributed by atoms with Crippen molar-refractivity contribution in [1.82, 2.24) is 10.2 Å². The van der Waals surface area contributed by atoms with Gasteiger partial charge in [-0.1, -0.05) is 30.5 Å². The third kappa shape index (κ3) is 3.83. The molecule has 2 nitrogen and oxygen atoms in total. The number of nitrogens with zero attached hydrogens (tertiary/aromatic N) is 1. The van der Waals surface area contributed by atoms with Crippen LogP contribution < -0.4 is 5.32 Å². The highest BCUT2D eigenvalue weighted by Crippen LogP contribution is 2.42. The predicted molar refractivity (Wildman–Crippen MR) is 85.6 cm³/mol. The third-order valence-electron chi connectivity index (χ3n) is 5.03. The standard InChI is InChI=1S/C17H22ClF3N2/c18-15-11-13(5-6-14(15)17(19,20)21)16(12-3-1-2-4-12)23-9-7-22-8-10-23/h5-6,11-12,16,22H,1-4,7-10H2/t16-/m1/s1. The highest BCUT2D eigenvalue weighted by Gasteiger charge is 2.36. The van der Waals surface area contributed by atoms with Crippen molar-refractivity contribution < 1.29 is 13.2 Å². The minimum absolute atomic E-state index is 0.180. The van der Waals surface area contributed by atoms with Gasteiger partial charge in [-0.15, -0.1) is 0 Å². The van der Waals surface area contributed by atoms with Gasteiger partial charge in [-0.3, -0.25) is 4.90 Å². The second kappa shape index (κ2) is 6.99. The van der Waals surface area contributed by atoms with E-state index in [9.17, 15) is 13.2 Å². The maximum atomic E-state index is 12.9. The molecule has 1 aromatic carbocycles. The van der Waals surface area contributed by atoms with Crippen molar-refractivity contribution in [3.63, 3.8) is 0 Å². The van der Waals surface area contributed by atoms with Gasteiger partial charge in [0.05, 0.1) is 10.6 Å². The van der Waals surface area contributed by atoms with Crippen LogP contribution in [0.25, 0.3) is 0 Å². The lowest BCUT2D eigenvalue weighted by atomic mass is 9.89. The van der Waals surface area contributed by atoms with Gasteiger partial charge < -0.3 is 5.32 Å². The van der Waals surface area contributed by atoms with Crippen molar-refractivity contribution in [3.8, 4) is 0 Å². The zero-order valence-electron chi connectivity index (χ0n) is 13.0. The molecule has 1 N–H and O–H groups in total. The number of hydrogen-bond donors (Lipinski definition) is 1. The lowest BCUT2D eigenvalue weighted by molar-refractivity contribution is -0.137. The van der Waals surface area contributed by atoms with Crippen LogP contribution in [0.15, 0.2) is 18.2 Å². The summed E-state index contributed by atoms with van der Waals surface area (Å²) in [5, 5.41) is 3.15. The molecule has 1 atom stereocenters. The van der Waals surface area contributed by atoms with Crippen LogP contribution in [0.2, 0.25) is 5.02 Å². The first kappa shape index (κ1) is 17.1. The van der Waals surface area contributed by atoms with Gasteiger partial charge in [0, 0.05) is 32.2 Å². The van der Waals surface area contributed by atoms with Crippen LogP contribution in [0.5, 0.6) is 0 Å². The first-order valence-electron chi connectivity index (χ1n) is 8.28. The molecule has 1 aromatic rings. The Bertz CT molecular complexity index is 535. The van der Waals surface area contributed by atoms with E-state index in [4.69, 9.17) is 11.6 Å². The maximum Gasteiger partial charge on any atom is 0.417 e. The number of rotatable bonds is 3. The number of alkyl halides is 3. The highest BCUT2D eigenvalue weighted by atomic mass is 35.5. The predicted octanol–water partition coefficient (Wildman–Crippen LogP) is 4.50. The van der Waals surface area contributed by atoms with Crippen molar-refractivity contribution in [2.45, 2.75) is 37.9 Å². The fourth-order valence-electron chi connectivity index (χ4n) is 3.96. The highest BCUT2D eigenvalue weighted by molar-refractivity contribution is 6.31. The molecule has 2 aliphatic rings. The molecule has 1 saturated carbocycles. The molecule has 0 unspecified atom stereocenters. The van der Waals surface area contributed by atoms with E-state index >= 15 is 0 Å². The Labute approximate surface area is 140 Å². The number of piperazine rings is 1. The smallest absolute Gasteiger partial charge is 0.314 e. The zero-order chi connectivity index (χ0) is 16.4. The van der Waals surface area contributed by atoms with Gasteiger partial charge >= 0.3 is 6.18 Å². The summed E-state index contributed by atoms with van der Waals surface area (Å²) >= 11 is 5.95. The molecule has 0 amide bonds. The largest absolute Gasteiger partial charge is 0.417 e. The van der Waals surface area contributed by atoms with Crippen LogP contribution in [0, 0.1) is 5.92 Å². The minimum atomic E-state index is -4.40. The maximum absolute atomic E-state index is 12.9. The van der Waals surface area contributed by atoms with Crippen molar-refractivity contribution in [2.75, 3.05) is 26.2 Å². The van der Waals surface area contributed by atoms with Crippen LogP contribution in [-0.4, -0.2) is 31.1 Å². The summed E-state index contributed by atoms with van der Waals surface area (Å²) in [5.74, 6) is 0.515. The summed E-state index contributed by atoms with van der Waals surface area (Å²) < 4.78 is 38.8. The Kier molecular flexibility index (Phi) is 5.19. The van der Waals surface area contributed by atoms with Gasteiger partial charge in [0.15, 0.2) is 0 Å². The Morgan fingerprint density at radius 3 is 2.35 bits per heavy atom. The van der Waals surface area contributed by atoms with E-state index in [0.29, 0.717) is 5.92 Å². The summed E-state index contributed by atoms with van der Waals surface area (Å²) in [6.07, 6.45) is 0.317. The summed E-state index contributed by atoms with van der Waals surface area (Å²) in [7, 11) is 0. The second-order valence-electron chi connectivity index (χ2n) is 6.51. The Morgan fingerprint density at radius 2 is 1.78 bits per heavy atom. The zero-order valence-corrected chi connectivity index (χ0v) is 13.8. The van der Waals surface area contributed by atoms with Crippen LogP contribution in [0.1, 0.15) is 42.9 Å². The quantitative estimate of drug-likeness (QED) is 0.867. The van der Waals surface area contributed by atoms with Crippen LogP contribution in [0.3, 0.4) is 0 Å². The fraction of sp³-hybridized carbons (Fsp3) is 0.647. The van der Waals surface area contributed by atoms with Crippen LogP contribution in [-0.2, 0) is 6.18 Å². The van der Waals surface area contributed by atoms with Gasteiger partial charge in [0.25, 0.3) is 0 Å². The molecule has 23 heavy (non-hydrogen) atoms. The number of nitrogens with one attached hydrogen (secondary N) is 1. The lowest BCUT2D eigenvalue weighted by Crippen LogP contribution is -2.46. The molecule has 128 valence electrons. The molecular weight excluding hydrogens is 325 g/mol. The van der Waals surface area contributed by atoms with E-state index in [-0.39, 0.29) is 11.1 Å². The third-order valence-corrected chi connectivity index (χ3v) is 5.34. The van der Waals surface area contributed by atoms with E-state index in [0.717, 1.165) is 50.7 Å². The van der Waals surface area contributed by atoms with Crippen LogP contribution >= 0.6 is 11.6 Å². The van der Waals surface area contributed by atoms with E-state index in [1.807, 2.05) is 0 Å². The molecule has 3 rings (SSSR count). The molecule has 0 radical (unpaired) electrons. The topological polar surface area (TPSA) is 15.3 Å². The number of benzene rings is 1. The van der Waals surface area contributed by atoms with Crippen molar-refractivity contribution in [1.29, 1.82) is 0 Å². The average Bonchev–Trinajstić information content (AvgIpc) is 3.01. The summed E-state index contributed by atoms with van der Waals surface area (Å²) in [6, 6.07) is 4.48. The van der Waals surface area contributed by atoms with Gasteiger partial charge in [0.2, 0.25) is 0 Å². The Morgan fingerprint density at radius 1 is 1.13 bits per heavy atom. The normalized spacial score (nSPS) is 22.4. The molecule has 0 aromatic heterocycles. The van der Waals surface area contributed by atoms with Crippen LogP contribution in [0.4, 0.5) is 13.2 Å². The molecule has 6 heteroatoms. The van der Waals surface area contributed by atoms with E-state index < -0.39 is 11.7 Å². The van der Waals surface area contributed by atoms with Gasteiger partial charge in [0.1, 0.15) is 0 Å². The van der Waals surface area contributed by atoms with Crippen molar-refractivity contribution in [3.05, 3.63) is 34.3 Å². The molecular formula is C17H22ClF3N2. The van der Waals surface area contributed by atoms with E-state index in [1.165, 1.54) is 18.9 Å². The Balaban J connectivity index is 1.91. The molecule has 0 spiro atoms. The summed E-state index contributed by atoms with van der Waals surface area (Å²) in [6.45, 7) is 3.72. The number of halogens is 4. The average molecular weight is 347 g/mol. The molecule has 2 fully saturated rings. The van der Waals surface area contributed by atoms with Crippen molar-refractivity contribution in [2.24, 2.45) is 5.92 Å². The summed E-state index contributed by atoms with van der Waals surface area (Å²) in [4.78, 5) is 2.41. The summed E-state index contributed by atoms with van der Waals surface area (Å²) in [5.41, 5.74) is 0.185. The van der Waals surface area contributed by atoms with Crippen molar-refractivity contribution >= 4 is 11.6 Å². The molecule has 0 bridgehead atoms. The monoisotopic (exact) mass is 346 g/mol. The lowest BCUT2D eigenvalue weighted by Gasteiger charge is -2.39. The molecule has 1 aliphatic heterocycles. The SMILES string of the molecule is FC(F)(F)c1ccc([C@@H](C2CCCC2)N2CCNCC2)cc1Cl. The molecule has 1 saturated heterocycles. The second-order valence-corrected chi connectivity index (χ2v) is 6.92. The van der Waals surface area contributed by atoms with Gasteiger partial charge in [-0.05, 0) is 36.5 Å². The molecule has 1 heterocycles. The molecule has 1 aliphatic carbocycles. The van der Waals surface area contributed by atoms with E-state index in [2.05, 4.69) is 10.2 Å². The number of hydrogen-bond acceptors (Lipinski definition) is 2. The fourth-order valence-corrected chi connectivity index (χ4v) is 4.26. The first-order valence-corrected chi connectivity index (χ1v) is 8.66. The van der Waals surface area contributed by atoms with E-state index in [1.54, 1.807) is 6.07 Å².